The standard InChI is InChI=1S/C6H13NO.C3H8.5CH4/c1-4-7(5-2)6(3)8;1-3-2;;;;;/h4-5H2,1-3H3;3H2,1-2H3;5*1H4. The van der Waals surface area contributed by atoms with Crippen molar-refractivity contribution in [1.82, 2.24) is 4.90 Å². The zero-order chi connectivity index (χ0) is 9.28. The first kappa shape index (κ1) is 45.2. The topological polar surface area (TPSA) is 20.3 Å². The summed E-state index contributed by atoms with van der Waals surface area (Å²) >= 11 is 0. The van der Waals surface area contributed by atoms with Gasteiger partial charge in [0.15, 0.2) is 0 Å². The molecule has 0 aliphatic carbocycles. The second-order valence-electron chi connectivity index (χ2n) is 2.40. The summed E-state index contributed by atoms with van der Waals surface area (Å²) in [5.41, 5.74) is 0. The Labute approximate surface area is 107 Å². The van der Waals surface area contributed by atoms with Gasteiger partial charge in [0.25, 0.3) is 0 Å². The number of carbonyl (C=O) groups is 1. The first-order valence-corrected chi connectivity index (χ1v) is 4.39. The summed E-state index contributed by atoms with van der Waals surface area (Å²) in [5, 5.41) is 0. The van der Waals surface area contributed by atoms with Crippen molar-refractivity contribution in [2.45, 2.75) is 78.2 Å². The summed E-state index contributed by atoms with van der Waals surface area (Å²) in [6.07, 6.45) is 1.25. The van der Waals surface area contributed by atoms with Crippen molar-refractivity contribution in [3.63, 3.8) is 0 Å². The van der Waals surface area contributed by atoms with Gasteiger partial charge in [0.1, 0.15) is 0 Å². The van der Waals surface area contributed by atoms with Gasteiger partial charge in [-0.3, -0.25) is 4.79 Å². The molecule has 0 atom stereocenters. The predicted molar refractivity (Wildman–Crippen MR) is 83.2 cm³/mol. The Kier molecular flexibility index (Phi) is 103. The first-order valence-electron chi connectivity index (χ1n) is 4.39. The minimum Gasteiger partial charge on any atom is -0.343 e. The van der Waals surface area contributed by atoms with E-state index in [9.17, 15) is 4.79 Å². The van der Waals surface area contributed by atoms with E-state index < -0.39 is 0 Å². The fourth-order valence-corrected chi connectivity index (χ4v) is 0.669. The lowest BCUT2D eigenvalue weighted by atomic mass is 10.5. The number of carbonyl (C=O) groups excluding carboxylic acids is 1. The third-order valence-electron chi connectivity index (χ3n) is 1.21. The van der Waals surface area contributed by atoms with E-state index in [0.29, 0.717) is 0 Å². The van der Waals surface area contributed by atoms with Crippen molar-refractivity contribution in [1.29, 1.82) is 0 Å². The molecule has 0 spiro atoms. The van der Waals surface area contributed by atoms with E-state index in [4.69, 9.17) is 0 Å². The minimum absolute atomic E-state index is 0. The second-order valence-corrected chi connectivity index (χ2v) is 2.40. The van der Waals surface area contributed by atoms with Crippen molar-refractivity contribution < 1.29 is 4.79 Å². The maximum atomic E-state index is 10.5. The monoisotopic (exact) mass is 239 g/mol. The number of hydrogen-bond acceptors (Lipinski definition) is 1. The molecule has 2 nitrogen and oxygen atoms in total. The summed E-state index contributed by atoms with van der Waals surface area (Å²) < 4.78 is 0. The van der Waals surface area contributed by atoms with Gasteiger partial charge >= 0.3 is 0 Å². The number of hydrogen-bond donors (Lipinski definition) is 0. The van der Waals surface area contributed by atoms with E-state index in [2.05, 4.69) is 13.8 Å². The van der Waals surface area contributed by atoms with Crippen molar-refractivity contribution in [2.75, 3.05) is 13.1 Å². The van der Waals surface area contributed by atoms with E-state index in [-0.39, 0.29) is 43.0 Å². The maximum Gasteiger partial charge on any atom is 0.219 e. The Morgan fingerprint density at radius 1 is 0.812 bits per heavy atom. The van der Waals surface area contributed by atoms with Crippen LogP contribution >= 0.6 is 0 Å². The molecule has 0 bridgehead atoms. The zero-order valence-electron chi connectivity index (χ0n) is 8.48. The molecule has 0 aromatic rings. The molecule has 0 saturated heterocycles. The molecule has 0 saturated carbocycles. The molecule has 0 aromatic carbocycles. The SMILES string of the molecule is C.C.C.C.C.CCC.CCN(CC)C(C)=O. The van der Waals surface area contributed by atoms with Crippen LogP contribution in [0.15, 0.2) is 0 Å². The molecule has 0 aliphatic heterocycles. The molecule has 0 N–H and O–H groups in total. The molecule has 1 amide bonds. The lowest BCUT2D eigenvalue weighted by Gasteiger charge is -2.14. The first-order chi connectivity index (χ1) is 5.13. The molecule has 108 valence electrons. The summed E-state index contributed by atoms with van der Waals surface area (Å²) in [7, 11) is 0. The quantitative estimate of drug-likeness (QED) is 0.625. The van der Waals surface area contributed by atoms with Crippen molar-refractivity contribution in [2.24, 2.45) is 0 Å². The lowest BCUT2D eigenvalue weighted by Crippen LogP contribution is -2.27. The van der Waals surface area contributed by atoms with Gasteiger partial charge in [-0.15, -0.1) is 0 Å². The molecular weight excluding hydrogens is 198 g/mol. The van der Waals surface area contributed by atoms with Crippen molar-refractivity contribution in [3.8, 4) is 0 Å². The highest BCUT2D eigenvalue weighted by Crippen LogP contribution is 1.84. The average Bonchev–Trinajstić information content (AvgIpc) is 1.91. The van der Waals surface area contributed by atoms with Crippen molar-refractivity contribution >= 4 is 5.91 Å². The van der Waals surface area contributed by atoms with E-state index in [0.717, 1.165) is 13.1 Å². The summed E-state index contributed by atoms with van der Waals surface area (Å²) in [6.45, 7) is 11.4. The third-order valence-corrected chi connectivity index (χ3v) is 1.21. The van der Waals surface area contributed by atoms with Gasteiger partial charge in [-0.1, -0.05) is 57.4 Å². The van der Waals surface area contributed by atoms with E-state index in [1.54, 1.807) is 11.8 Å². The molecule has 16 heavy (non-hydrogen) atoms. The molecule has 0 unspecified atom stereocenters. The number of amides is 1. The van der Waals surface area contributed by atoms with Crippen molar-refractivity contribution in [3.05, 3.63) is 0 Å². The van der Waals surface area contributed by atoms with E-state index in [1.165, 1.54) is 6.42 Å². The third kappa shape index (κ3) is 37.5. The largest absolute Gasteiger partial charge is 0.343 e. The van der Waals surface area contributed by atoms with Gasteiger partial charge in [0.05, 0.1) is 0 Å². The fourth-order valence-electron chi connectivity index (χ4n) is 0.669. The molecule has 0 fully saturated rings. The summed E-state index contributed by atoms with van der Waals surface area (Å²) in [4.78, 5) is 12.3. The zero-order valence-corrected chi connectivity index (χ0v) is 8.48. The normalized spacial score (nSPS) is 5.56. The Morgan fingerprint density at radius 2 is 1.00 bits per heavy atom. The van der Waals surface area contributed by atoms with Crippen LogP contribution in [-0.4, -0.2) is 23.9 Å². The summed E-state index contributed by atoms with van der Waals surface area (Å²) in [5.74, 6) is 0.162. The van der Waals surface area contributed by atoms with Gasteiger partial charge in [-0.2, -0.15) is 0 Å². The van der Waals surface area contributed by atoms with Crippen LogP contribution in [0.3, 0.4) is 0 Å². The van der Waals surface area contributed by atoms with Crippen LogP contribution in [0.4, 0.5) is 0 Å². The molecule has 0 aromatic heterocycles. The second kappa shape index (κ2) is 36.6. The minimum atomic E-state index is 0. The van der Waals surface area contributed by atoms with Crippen LogP contribution in [-0.2, 0) is 4.79 Å². The molecular formula is C14H41NO. The predicted octanol–water partition coefficient (Wildman–Crippen LogP) is 5.47. The molecule has 0 heterocycles. The van der Waals surface area contributed by atoms with Crippen LogP contribution in [0.2, 0.25) is 0 Å². The van der Waals surface area contributed by atoms with Gasteiger partial charge < -0.3 is 4.90 Å². The number of rotatable bonds is 2. The highest BCUT2D eigenvalue weighted by molar-refractivity contribution is 5.73. The number of nitrogens with zero attached hydrogens (tertiary/aromatic N) is 1. The highest BCUT2D eigenvalue weighted by atomic mass is 16.2. The van der Waals surface area contributed by atoms with Gasteiger partial charge in [-0.05, 0) is 13.8 Å². The molecule has 0 radical (unpaired) electrons. The average molecular weight is 239 g/mol. The van der Waals surface area contributed by atoms with Gasteiger partial charge in [0.2, 0.25) is 5.91 Å². The lowest BCUT2D eigenvalue weighted by molar-refractivity contribution is -0.128. The van der Waals surface area contributed by atoms with Gasteiger partial charge in [0, 0.05) is 20.0 Å². The molecule has 0 rings (SSSR count). The van der Waals surface area contributed by atoms with Crippen LogP contribution in [0.1, 0.15) is 78.2 Å². The highest BCUT2D eigenvalue weighted by Gasteiger charge is 1.99. The van der Waals surface area contributed by atoms with E-state index >= 15 is 0 Å². The Hall–Kier alpha value is -0.530. The molecule has 2 heteroatoms. The van der Waals surface area contributed by atoms with Crippen LogP contribution < -0.4 is 0 Å². The maximum absolute atomic E-state index is 10.5. The Bertz CT molecular complexity index is 88.7. The summed E-state index contributed by atoms with van der Waals surface area (Å²) in [6, 6.07) is 0. The van der Waals surface area contributed by atoms with E-state index in [1.807, 2.05) is 13.8 Å². The molecule has 0 aliphatic rings. The fraction of sp³-hybridized carbons (Fsp3) is 0.929. The van der Waals surface area contributed by atoms with Crippen LogP contribution in [0.25, 0.3) is 0 Å². The smallest absolute Gasteiger partial charge is 0.219 e. The Morgan fingerprint density at radius 3 is 1.00 bits per heavy atom. The van der Waals surface area contributed by atoms with Crippen LogP contribution in [0, 0.1) is 0 Å². The van der Waals surface area contributed by atoms with Crippen LogP contribution in [0.5, 0.6) is 0 Å². The Balaban J connectivity index is -0.0000000185. The van der Waals surface area contributed by atoms with Gasteiger partial charge in [-0.25, -0.2) is 0 Å².